The van der Waals surface area contributed by atoms with Crippen molar-refractivity contribution in [3.63, 3.8) is 0 Å². The molecule has 5 nitrogen and oxygen atoms in total. The highest BCUT2D eigenvalue weighted by atomic mass is 16.2. The van der Waals surface area contributed by atoms with Crippen LogP contribution in [0.2, 0.25) is 0 Å². The Bertz CT molecular complexity index is 227. The Hall–Kier alpha value is -1.10. The van der Waals surface area contributed by atoms with E-state index < -0.39 is 5.91 Å². The largest absolute Gasteiger partial charge is 0.368 e. The van der Waals surface area contributed by atoms with Crippen LogP contribution in [0.4, 0.5) is 0 Å². The zero-order valence-corrected chi connectivity index (χ0v) is 9.51. The first kappa shape index (κ1) is 13.9. The molecule has 0 unspecified atom stereocenters. The first-order valence-corrected chi connectivity index (χ1v) is 5.12. The summed E-state index contributed by atoms with van der Waals surface area (Å²) in [5, 5.41) is 2.45. The summed E-state index contributed by atoms with van der Waals surface area (Å²) in [6.07, 6.45) is 2.05. The van der Waals surface area contributed by atoms with Crippen LogP contribution in [0, 0.1) is 5.41 Å². The van der Waals surface area contributed by atoms with E-state index in [0.29, 0.717) is 13.0 Å². The predicted molar refractivity (Wildman–Crippen MR) is 58.9 cm³/mol. The van der Waals surface area contributed by atoms with Gasteiger partial charge in [0.15, 0.2) is 0 Å². The lowest BCUT2D eigenvalue weighted by Crippen LogP contribution is -2.33. The zero-order chi connectivity index (χ0) is 11.9. The molecular weight excluding hydrogens is 194 g/mol. The molecule has 0 spiro atoms. The third-order valence-electron chi connectivity index (χ3n) is 2.31. The lowest BCUT2D eigenvalue weighted by Gasteiger charge is -2.23. The van der Waals surface area contributed by atoms with Gasteiger partial charge < -0.3 is 16.8 Å². The number of amides is 2. The first-order valence-electron chi connectivity index (χ1n) is 5.12. The number of primary amides is 1. The summed E-state index contributed by atoms with van der Waals surface area (Å²) >= 11 is 0. The molecule has 0 aromatic carbocycles. The number of rotatable bonds is 7. The molecule has 5 N–H and O–H groups in total. The second-order valence-electron chi connectivity index (χ2n) is 4.45. The third kappa shape index (κ3) is 7.93. The van der Waals surface area contributed by atoms with Gasteiger partial charge in [-0.25, -0.2) is 0 Å². The summed E-state index contributed by atoms with van der Waals surface area (Å²) in [4.78, 5) is 21.6. The highest BCUT2D eigenvalue weighted by Gasteiger charge is 2.18. The Kier molecular flexibility index (Phi) is 5.93. The lowest BCUT2D eigenvalue weighted by molar-refractivity contribution is -0.125. The second kappa shape index (κ2) is 6.40. The van der Waals surface area contributed by atoms with Crippen LogP contribution in [0.25, 0.3) is 0 Å². The van der Waals surface area contributed by atoms with Gasteiger partial charge in [-0.3, -0.25) is 9.59 Å². The topological polar surface area (TPSA) is 98.2 Å². The van der Waals surface area contributed by atoms with Crippen molar-refractivity contribution in [3.05, 3.63) is 0 Å². The Morgan fingerprint density at radius 2 is 1.87 bits per heavy atom. The van der Waals surface area contributed by atoms with Crippen LogP contribution in [-0.2, 0) is 9.59 Å². The SMILES string of the molecule is CC(C)(CCN)CCC(=O)NCC(N)=O. The van der Waals surface area contributed by atoms with Crippen molar-refractivity contribution in [2.75, 3.05) is 13.1 Å². The molecule has 0 aliphatic carbocycles. The summed E-state index contributed by atoms with van der Waals surface area (Å²) in [5.41, 5.74) is 10.4. The Balaban J connectivity index is 3.74. The van der Waals surface area contributed by atoms with E-state index in [1.165, 1.54) is 0 Å². The van der Waals surface area contributed by atoms with Crippen molar-refractivity contribution < 1.29 is 9.59 Å². The fourth-order valence-electron chi connectivity index (χ4n) is 1.24. The Labute approximate surface area is 90.6 Å². The molecule has 0 radical (unpaired) electrons. The van der Waals surface area contributed by atoms with Gasteiger partial charge in [0.1, 0.15) is 0 Å². The van der Waals surface area contributed by atoms with Gasteiger partial charge in [-0.15, -0.1) is 0 Å². The minimum absolute atomic E-state index is 0.0683. The molecule has 88 valence electrons. The summed E-state index contributed by atoms with van der Waals surface area (Å²) in [5.74, 6) is -0.663. The van der Waals surface area contributed by atoms with E-state index in [2.05, 4.69) is 19.2 Å². The van der Waals surface area contributed by atoms with Crippen LogP contribution in [0.1, 0.15) is 33.1 Å². The molecule has 0 heterocycles. The average Bonchev–Trinajstić information content (AvgIpc) is 2.11. The van der Waals surface area contributed by atoms with Gasteiger partial charge in [0.05, 0.1) is 6.54 Å². The predicted octanol–water partition coefficient (Wildman–Crippen LogP) is -0.257. The van der Waals surface area contributed by atoms with Crippen molar-refractivity contribution in [2.24, 2.45) is 16.9 Å². The van der Waals surface area contributed by atoms with Gasteiger partial charge >= 0.3 is 0 Å². The van der Waals surface area contributed by atoms with E-state index in [-0.39, 0.29) is 17.9 Å². The van der Waals surface area contributed by atoms with Crippen molar-refractivity contribution in [1.82, 2.24) is 5.32 Å². The maximum atomic E-state index is 11.2. The molecule has 0 aromatic heterocycles. The van der Waals surface area contributed by atoms with Gasteiger partial charge in [0.25, 0.3) is 0 Å². The van der Waals surface area contributed by atoms with E-state index in [1.807, 2.05) is 0 Å². The van der Waals surface area contributed by atoms with E-state index in [1.54, 1.807) is 0 Å². The summed E-state index contributed by atoms with van der Waals surface area (Å²) in [7, 11) is 0. The quantitative estimate of drug-likeness (QED) is 0.546. The molecule has 0 aliphatic heterocycles. The summed E-state index contributed by atoms with van der Waals surface area (Å²) in [6, 6.07) is 0. The molecule has 0 bridgehead atoms. The minimum atomic E-state index is -0.524. The van der Waals surface area contributed by atoms with Crippen molar-refractivity contribution in [3.8, 4) is 0 Å². The van der Waals surface area contributed by atoms with Crippen molar-refractivity contribution >= 4 is 11.8 Å². The number of carbonyl (C=O) groups is 2. The number of hydrogen-bond acceptors (Lipinski definition) is 3. The normalized spacial score (nSPS) is 11.1. The molecular formula is C10H21N3O2. The van der Waals surface area contributed by atoms with E-state index in [9.17, 15) is 9.59 Å². The third-order valence-corrected chi connectivity index (χ3v) is 2.31. The standard InChI is InChI=1S/C10H21N3O2/c1-10(2,5-6-11)4-3-9(15)13-7-8(12)14/h3-7,11H2,1-2H3,(H2,12,14)(H,13,15). The molecule has 0 atom stereocenters. The van der Waals surface area contributed by atoms with Crippen LogP contribution < -0.4 is 16.8 Å². The van der Waals surface area contributed by atoms with Crippen molar-refractivity contribution in [1.29, 1.82) is 0 Å². The van der Waals surface area contributed by atoms with Gasteiger partial charge in [-0.1, -0.05) is 13.8 Å². The number of nitrogens with one attached hydrogen (secondary N) is 1. The maximum Gasteiger partial charge on any atom is 0.236 e. The van der Waals surface area contributed by atoms with Crippen LogP contribution >= 0.6 is 0 Å². The second-order valence-corrected chi connectivity index (χ2v) is 4.45. The minimum Gasteiger partial charge on any atom is -0.368 e. The van der Waals surface area contributed by atoms with E-state index in [4.69, 9.17) is 11.5 Å². The first-order chi connectivity index (χ1) is 6.87. The molecule has 5 heteroatoms. The average molecular weight is 215 g/mol. The zero-order valence-electron chi connectivity index (χ0n) is 9.51. The van der Waals surface area contributed by atoms with Gasteiger partial charge in [-0.2, -0.15) is 0 Å². The van der Waals surface area contributed by atoms with Crippen LogP contribution in [0.5, 0.6) is 0 Å². The highest BCUT2D eigenvalue weighted by Crippen LogP contribution is 2.25. The molecule has 0 saturated carbocycles. The number of hydrogen-bond donors (Lipinski definition) is 3. The van der Waals surface area contributed by atoms with Crippen molar-refractivity contribution in [2.45, 2.75) is 33.1 Å². The molecule has 0 aromatic rings. The van der Waals surface area contributed by atoms with Gasteiger partial charge in [0, 0.05) is 6.42 Å². The fourth-order valence-corrected chi connectivity index (χ4v) is 1.24. The maximum absolute atomic E-state index is 11.2. The molecule has 0 rings (SSSR count). The van der Waals surface area contributed by atoms with E-state index in [0.717, 1.165) is 12.8 Å². The molecule has 2 amide bonds. The van der Waals surface area contributed by atoms with Crippen LogP contribution in [0.3, 0.4) is 0 Å². The molecule has 15 heavy (non-hydrogen) atoms. The summed E-state index contributed by atoms with van der Waals surface area (Å²) < 4.78 is 0. The fraction of sp³-hybridized carbons (Fsp3) is 0.800. The summed E-state index contributed by atoms with van der Waals surface area (Å²) in [6.45, 7) is 4.68. The lowest BCUT2D eigenvalue weighted by atomic mass is 9.84. The van der Waals surface area contributed by atoms with Gasteiger partial charge in [0.2, 0.25) is 11.8 Å². The van der Waals surface area contributed by atoms with E-state index >= 15 is 0 Å². The molecule has 0 aliphatic rings. The smallest absolute Gasteiger partial charge is 0.236 e. The van der Waals surface area contributed by atoms with Crippen LogP contribution in [-0.4, -0.2) is 24.9 Å². The molecule has 0 saturated heterocycles. The highest BCUT2D eigenvalue weighted by molar-refractivity contribution is 5.83. The Morgan fingerprint density at radius 1 is 1.27 bits per heavy atom. The van der Waals surface area contributed by atoms with Gasteiger partial charge in [-0.05, 0) is 24.8 Å². The number of nitrogens with two attached hydrogens (primary N) is 2. The Morgan fingerprint density at radius 3 is 2.33 bits per heavy atom. The number of carbonyl (C=O) groups excluding carboxylic acids is 2. The van der Waals surface area contributed by atoms with Crippen LogP contribution in [0.15, 0.2) is 0 Å². The molecule has 0 fully saturated rings. The monoisotopic (exact) mass is 215 g/mol.